The van der Waals surface area contributed by atoms with Crippen molar-refractivity contribution in [2.75, 3.05) is 54.9 Å². The SMILES string of the molecule is C=CCOC(=O)CN(C)C.C[N+](C)(C)CC(=O)[O-]. The average molecular weight is 260 g/mol. The summed E-state index contributed by atoms with van der Waals surface area (Å²) in [5.74, 6) is -1.22. The lowest BCUT2D eigenvalue weighted by Gasteiger charge is -2.23. The van der Waals surface area contributed by atoms with Gasteiger partial charge < -0.3 is 19.1 Å². The third kappa shape index (κ3) is 20.1. The molecule has 0 spiro atoms. The highest BCUT2D eigenvalue weighted by Crippen LogP contribution is 1.85. The number of esters is 1. The van der Waals surface area contributed by atoms with E-state index >= 15 is 0 Å². The summed E-state index contributed by atoms with van der Waals surface area (Å²) >= 11 is 0. The summed E-state index contributed by atoms with van der Waals surface area (Å²) in [5.41, 5.74) is 0. The Hall–Kier alpha value is -1.40. The molecule has 0 fully saturated rings. The van der Waals surface area contributed by atoms with Crippen LogP contribution in [0.25, 0.3) is 0 Å². The molecule has 0 rings (SSSR count). The van der Waals surface area contributed by atoms with E-state index < -0.39 is 5.97 Å². The molecule has 0 amide bonds. The van der Waals surface area contributed by atoms with Gasteiger partial charge in [0.15, 0.2) is 0 Å². The second kappa shape index (κ2) is 9.61. The summed E-state index contributed by atoms with van der Waals surface area (Å²) in [5, 5.41) is 9.89. The van der Waals surface area contributed by atoms with Gasteiger partial charge in [-0.05, 0) is 14.1 Å². The molecule has 0 N–H and O–H groups in total. The quantitative estimate of drug-likeness (QED) is 0.338. The fraction of sp³-hybridized carbons (Fsp3) is 0.667. The van der Waals surface area contributed by atoms with Crippen LogP contribution in [0.1, 0.15) is 0 Å². The number of rotatable bonds is 6. The van der Waals surface area contributed by atoms with Gasteiger partial charge in [-0.1, -0.05) is 12.7 Å². The van der Waals surface area contributed by atoms with Gasteiger partial charge >= 0.3 is 5.97 Å². The van der Waals surface area contributed by atoms with Crippen LogP contribution in [0.4, 0.5) is 0 Å². The Kier molecular flexibility index (Phi) is 10.1. The Morgan fingerprint density at radius 2 is 1.83 bits per heavy atom. The van der Waals surface area contributed by atoms with Gasteiger partial charge in [0.2, 0.25) is 0 Å². The van der Waals surface area contributed by atoms with E-state index in [4.69, 9.17) is 4.74 Å². The van der Waals surface area contributed by atoms with Crippen LogP contribution in [0, 0.1) is 0 Å². The lowest BCUT2D eigenvalue weighted by atomic mass is 10.5. The van der Waals surface area contributed by atoms with Gasteiger partial charge in [0, 0.05) is 0 Å². The largest absolute Gasteiger partial charge is 0.544 e. The second-order valence-electron chi connectivity index (χ2n) is 5.03. The molecule has 6 heteroatoms. The van der Waals surface area contributed by atoms with Gasteiger partial charge in [0.25, 0.3) is 0 Å². The molecule has 0 aromatic rings. The molecule has 0 saturated carbocycles. The molecule has 0 radical (unpaired) electrons. The van der Waals surface area contributed by atoms with Gasteiger partial charge in [-0.15, -0.1) is 0 Å². The number of quaternary nitrogens is 1. The first-order valence-electron chi connectivity index (χ1n) is 5.50. The molecule has 0 aromatic heterocycles. The minimum Gasteiger partial charge on any atom is -0.544 e. The molecule has 106 valence electrons. The molecule has 0 saturated heterocycles. The van der Waals surface area contributed by atoms with E-state index in [0.29, 0.717) is 17.6 Å². The van der Waals surface area contributed by atoms with Gasteiger partial charge in [-0.25, -0.2) is 0 Å². The number of hydrogen-bond donors (Lipinski definition) is 0. The molecule has 0 aliphatic carbocycles. The highest BCUT2D eigenvalue weighted by Gasteiger charge is 2.04. The maximum absolute atomic E-state index is 10.7. The van der Waals surface area contributed by atoms with Crippen molar-refractivity contribution >= 4 is 11.9 Å². The molecular weight excluding hydrogens is 236 g/mol. The summed E-state index contributed by atoms with van der Waals surface area (Å²) in [6.07, 6.45) is 1.55. The van der Waals surface area contributed by atoms with Crippen LogP contribution >= 0.6 is 0 Å². The molecule has 6 nitrogen and oxygen atoms in total. The van der Waals surface area contributed by atoms with Crippen molar-refractivity contribution in [3.05, 3.63) is 12.7 Å². The van der Waals surface area contributed by atoms with Crippen molar-refractivity contribution in [3.63, 3.8) is 0 Å². The van der Waals surface area contributed by atoms with E-state index in [2.05, 4.69) is 6.58 Å². The maximum atomic E-state index is 10.7. The van der Waals surface area contributed by atoms with Gasteiger partial charge in [0.1, 0.15) is 13.2 Å². The number of aliphatic carboxylic acids is 1. The number of carbonyl (C=O) groups is 2. The fourth-order valence-electron chi connectivity index (χ4n) is 0.843. The van der Waals surface area contributed by atoms with Crippen molar-refractivity contribution in [2.45, 2.75) is 0 Å². The van der Waals surface area contributed by atoms with Crippen molar-refractivity contribution < 1.29 is 23.9 Å². The maximum Gasteiger partial charge on any atom is 0.320 e. The highest BCUT2D eigenvalue weighted by atomic mass is 16.5. The number of nitrogens with zero attached hydrogens (tertiary/aromatic N) is 2. The predicted octanol–water partition coefficient (Wildman–Crippen LogP) is -1.28. The van der Waals surface area contributed by atoms with Gasteiger partial charge in [0.05, 0.1) is 33.7 Å². The zero-order chi connectivity index (χ0) is 14.8. The van der Waals surface area contributed by atoms with Crippen molar-refractivity contribution in [2.24, 2.45) is 0 Å². The Morgan fingerprint density at radius 3 is 2.06 bits per heavy atom. The zero-order valence-corrected chi connectivity index (χ0v) is 11.9. The first-order chi connectivity index (χ1) is 8.08. The molecule has 0 aliphatic rings. The van der Waals surface area contributed by atoms with E-state index in [1.54, 1.807) is 32.1 Å². The smallest absolute Gasteiger partial charge is 0.320 e. The lowest BCUT2D eigenvalue weighted by molar-refractivity contribution is -0.864. The first kappa shape index (κ1) is 19.0. The van der Waals surface area contributed by atoms with Crippen LogP contribution in [0.15, 0.2) is 12.7 Å². The van der Waals surface area contributed by atoms with Crippen LogP contribution < -0.4 is 5.11 Å². The molecule has 0 aliphatic heterocycles. The van der Waals surface area contributed by atoms with E-state index in [0.717, 1.165) is 0 Å². The summed E-state index contributed by atoms with van der Waals surface area (Å²) < 4.78 is 5.12. The third-order valence-corrected chi connectivity index (χ3v) is 1.41. The van der Waals surface area contributed by atoms with Crippen LogP contribution in [-0.2, 0) is 14.3 Å². The van der Waals surface area contributed by atoms with E-state index in [1.807, 2.05) is 14.1 Å². The van der Waals surface area contributed by atoms with E-state index in [1.165, 1.54) is 0 Å². The topological polar surface area (TPSA) is 69.7 Å². The number of ether oxygens (including phenoxy) is 1. The van der Waals surface area contributed by atoms with Crippen LogP contribution in [0.2, 0.25) is 0 Å². The van der Waals surface area contributed by atoms with Crippen molar-refractivity contribution in [3.8, 4) is 0 Å². The van der Waals surface area contributed by atoms with Crippen molar-refractivity contribution in [1.29, 1.82) is 0 Å². The minimum atomic E-state index is -1.00. The average Bonchev–Trinajstić information content (AvgIpc) is 2.10. The third-order valence-electron chi connectivity index (χ3n) is 1.41. The highest BCUT2D eigenvalue weighted by molar-refractivity contribution is 5.71. The summed E-state index contributed by atoms with van der Waals surface area (Å²) in [7, 11) is 9.03. The monoisotopic (exact) mass is 260 g/mol. The van der Waals surface area contributed by atoms with Crippen molar-refractivity contribution in [1.82, 2.24) is 4.90 Å². The Morgan fingerprint density at radius 1 is 1.33 bits per heavy atom. The number of carbonyl (C=O) groups excluding carboxylic acids is 2. The summed E-state index contributed by atoms with van der Waals surface area (Å²) in [6.45, 7) is 4.12. The number of carboxylic acid groups (broad SMARTS) is 1. The summed E-state index contributed by atoms with van der Waals surface area (Å²) in [6, 6.07) is 0. The van der Waals surface area contributed by atoms with Crippen LogP contribution in [0.5, 0.6) is 0 Å². The van der Waals surface area contributed by atoms with Gasteiger partial charge in [-0.3, -0.25) is 9.69 Å². The Bertz CT molecular complexity index is 270. The van der Waals surface area contributed by atoms with E-state index in [-0.39, 0.29) is 12.5 Å². The molecular formula is C12H24N2O4. The predicted molar refractivity (Wildman–Crippen MR) is 67.6 cm³/mol. The minimum absolute atomic E-state index is 0.0694. The standard InChI is InChI=1S/C7H13NO2.C5H11NO2/c1-4-5-10-7(9)6-8(2)3;1-6(2,3)4-5(7)8/h4H,1,5-6H2,2-3H3;4H2,1-3H3. The Balaban J connectivity index is 0. The molecule has 0 unspecified atom stereocenters. The number of hydrogen-bond acceptors (Lipinski definition) is 5. The van der Waals surface area contributed by atoms with Crippen LogP contribution in [-0.4, -0.2) is 76.3 Å². The molecule has 0 heterocycles. The Labute approximate surface area is 109 Å². The molecule has 0 atom stereocenters. The summed E-state index contributed by atoms with van der Waals surface area (Å²) in [4.78, 5) is 22.3. The normalized spacial score (nSPS) is 10.3. The zero-order valence-electron chi connectivity index (χ0n) is 11.9. The second-order valence-corrected chi connectivity index (χ2v) is 5.03. The number of likely N-dealkylation sites (N-methyl/N-ethyl adjacent to an activating group) is 2. The van der Waals surface area contributed by atoms with E-state index in [9.17, 15) is 14.7 Å². The molecule has 0 bridgehead atoms. The van der Waals surface area contributed by atoms with Crippen LogP contribution in [0.3, 0.4) is 0 Å². The lowest BCUT2D eigenvalue weighted by Crippen LogP contribution is -2.45. The van der Waals surface area contributed by atoms with Gasteiger partial charge in [-0.2, -0.15) is 0 Å². The first-order valence-corrected chi connectivity index (χ1v) is 5.50. The fourth-order valence-corrected chi connectivity index (χ4v) is 0.843. The molecule has 18 heavy (non-hydrogen) atoms. The number of carboxylic acids is 1. The molecule has 0 aromatic carbocycles.